The van der Waals surface area contributed by atoms with Gasteiger partial charge in [-0.2, -0.15) is 0 Å². The fourth-order valence-corrected chi connectivity index (χ4v) is 5.80. The molecule has 118 valence electrons. The molecule has 1 aliphatic heterocycles. The van der Waals surface area contributed by atoms with Crippen LogP contribution in [0.5, 0.6) is 0 Å². The molecule has 0 aromatic carbocycles. The second-order valence-corrected chi connectivity index (χ2v) is 8.62. The van der Waals surface area contributed by atoms with Crippen molar-refractivity contribution in [3.63, 3.8) is 0 Å². The smallest absolute Gasteiger partial charge is 0.0700 e. The quantitative estimate of drug-likeness (QED) is 0.852. The van der Waals surface area contributed by atoms with Crippen LogP contribution in [-0.4, -0.2) is 34.7 Å². The Morgan fingerprint density at radius 3 is 2.95 bits per heavy atom. The number of nitrogens with two attached hydrogens (primary N) is 1. The average molecular weight is 373 g/mol. The molecule has 1 saturated carbocycles. The molecule has 2 fully saturated rings. The number of hydrogen-bond acceptors (Lipinski definition) is 4. The number of likely N-dealkylation sites (tertiary alicyclic amines) is 1. The van der Waals surface area contributed by atoms with Crippen LogP contribution in [-0.2, 0) is 0 Å². The number of halogens is 1. The predicted molar refractivity (Wildman–Crippen MR) is 91.5 cm³/mol. The normalized spacial score (nSPS) is 33.4. The van der Waals surface area contributed by atoms with Crippen LogP contribution in [0, 0.1) is 5.92 Å². The van der Waals surface area contributed by atoms with Crippen molar-refractivity contribution in [2.45, 2.75) is 56.7 Å². The van der Waals surface area contributed by atoms with E-state index in [0.717, 1.165) is 36.8 Å². The van der Waals surface area contributed by atoms with E-state index in [0.29, 0.717) is 5.92 Å². The number of nitrogens with zero attached hydrogens (tertiary/aromatic N) is 1. The van der Waals surface area contributed by atoms with Crippen molar-refractivity contribution in [2.24, 2.45) is 11.7 Å². The molecule has 2 heterocycles. The molecule has 3 nitrogen and oxygen atoms in total. The molecule has 2 aliphatic rings. The van der Waals surface area contributed by atoms with Gasteiger partial charge in [0.15, 0.2) is 0 Å². The lowest BCUT2D eigenvalue weighted by molar-refractivity contribution is -0.104. The van der Waals surface area contributed by atoms with E-state index in [4.69, 9.17) is 5.73 Å². The van der Waals surface area contributed by atoms with E-state index in [9.17, 15) is 5.11 Å². The maximum atomic E-state index is 10.8. The average Bonchev–Trinajstić information content (AvgIpc) is 2.85. The zero-order valence-corrected chi connectivity index (χ0v) is 15.0. The minimum atomic E-state index is -0.410. The first-order valence-corrected chi connectivity index (χ1v) is 9.63. The minimum Gasteiger partial charge on any atom is -0.390 e. The molecule has 4 unspecified atom stereocenters. The summed E-state index contributed by atoms with van der Waals surface area (Å²) in [6.45, 7) is 4.03. The van der Waals surface area contributed by atoms with Gasteiger partial charge in [-0.25, -0.2) is 0 Å². The first kappa shape index (κ1) is 15.9. The molecule has 21 heavy (non-hydrogen) atoms. The number of hydrogen-bond donors (Lipinski definition) is 2. The Labute approximate surface area is 139 Å². The van der Waals surface area contributed by atoms with E-state index in [1.54, 1.807) is 11.3 Å². The van der Waals surface area contributed by atoms with Gasteiger partial charge in [0.2, 0.25) is 0 Å². The van der Waals surface area contributed by atoms with Gasteiger partial charge in [0.25, 0.3) is 0 Å². The third-order valence-corrected chi connectivity index (χ3v) is 6.99. The molecule has 4 atom stereocenters. The van der Waals surface area contributed by atoms with Gasteiger partial charge >= 0.3 is 0 Å². The predicted octanol–water partition coefficient (Wildman–Crippen LogP) is 3.53. The molecule has 0 bridgehead atoms. The van der Waals surface area contributed by atoms with Gasteiger partial charge < -0.3 is 10.8 Å². The van der Waals surface area contributed by atoms with Crippen LogP contribution in [0.15, 0.2) is 15.9 Å². The van der Waals surface area contributed by atoms with Gasteiger partial charge in [-0.05, 0) is 48.2 Å². The topological polar surface area (TPSA) is 49.5 Å². The van der Waals surface area contributed by atoms with E-state index < -0.39 is 5.60 Å². The third-order valence-electron chi connectivity index (χ3n) is 5.23. The standard InChI is InChI=1S/C16H25BrN2OS/c1-11(18)15(14-8-13(17)10-21-14)19-7-6-16(20)5-3-2-4-12(16)9-19/h8,10-12,15,20H,2-7,9,18H2,1H3. The summed E-state index contributed by atoms with van der Waals surface area (Å²) >= 11 is 5.33. The highest BCUT2D eigenvalue weighted by Gasteiger charge is 2.44. The summed E-state index contributed by atoms with van der Waals surface area (Å²) in [6.07, 6.45) is 5.48. The Bertz CT molecular complexity index is 492. The first-order valence-electron chi connectivity index (χ1n) is 7.95. The third kappa shape index (κ3) is 3.22. The fourth-order valence-electron chi connectivity index (χ4n) is 4.10. The van der Waals surface area contributed by atoms with Gasteiger partial charge in [0, 0.05) is 39.8 Å². The molecule has 3 N–H and O–H groups in total. The summed E-state index contributed by atoms with van der Waals surface area (Å²) in [5, 5.41) is 13.0. The number of piperidine rings is 1. The number of rotatable bonds is 3. The SMILES string of the molecule is CC(N)C(c1cc(Br)cs1)N1CCC2(O)CCCCC2C1. The van der Waals surface area contributed by atoms with Crippen LogP contribution in [0.1, 0.15) is 49.9 Å². The Kier molecular flexibility index (Phi) is 4.77. The van der Waals surface area contributed by atoms with Crippen molar-refractivity contribution in [3.05, 3.63) is 20.8 Å². The number of aliphatic hydroxyl groups is 1. The maximum Gasteiger partial charge on any atom is 0.0700 e. The van der Waals surface area contributed by atoms with Gasteiger partial charge in [-0.15, -0.1) is 11.3 Å². The lowest BCUT2D eigenvalue weighted by Gasteiger charge is -2.49. The molecule has 1 saturated heterocycles. The highest BCUT2D eigenvalue weighted by molar-refractivity contribution is 9.10. The van der Waals surface area contributed by atoms with Crippen molar-refractivity contribution in [1.29, 1.82) is 0 Å². The molecule has 5 heteroatoms. The lowest BCUT2D eigenvalue weighted by Crippen LogP contribution is -2.55. The Morgan fingerprint density at radius 1 is 1.48 bits per heavy atom. The summed E-state index contributed by atoms with van der Waals surface area (Å²) in [5.41, 5.74) is 5.89. The zero-order chi connectivity index (χ0) is 15.0. The van der Waals surface area contributed by atoms with Gasteiger partial charge in [0.1, 0.15) is 0 Å². The van der Waals surface area contributed by atoms with Crippen molar-refractivity contribution in [1.82, 2.24) is 4.90 Å². The van der Waals surface area contributed by atoms with E-state index in [-0.39, 0.29) is 12.1 Å². The van der Waals surface area contributed by atoms with Crippen molar-refractivity contribution in [2.75, 3.05) is 13.1 Å². The summed E-state index contributed by atoms with van der Waals surface area (Å²) in [7, 11) is 0. The summed E-state index contributed by atoms with van der Waals surface area (Å²) < 4.78 is 1.14. The van der Waals surface area contributed by atoms with Crippen LogP contribution in [0.4, 0.5) is 0 Å². The van der Waals surface area contributed by atoms with E-state index >= 15 is 0 Å². The van der Waals surface area contributed by atoms with Crippen LogP contribution in [0.3, 0.4) is 0 Å². The Morgan fingerprint density at radius 2 is 2.29 bits per heavy atom. The second-order valence-electron chi connectivity index (χ2n) is 6.76. The van der Waals surface area contributed by atoms with Gasteiger partial charge in [-0.3, -0.25) is 4.90 Å². The summed E-state index contributed by atoms with van der Waals surface area (Å²) in [6, 6.07) is 2.57. The van der Waals surface area contributed by atoms with E-state index in [1.165, 1.54) is 17.7 Å². The molecule has 1 aliphatic carbocycles. The molecular weight excluding hydrogens is 348 g/mol. The van der Waals surface area contributed by atoms with Crippen LogP contribution >= 0.6 is 27.3 Å². The summed E-state index contributed by atoms with van der Waals surface area (Å²) in [4.78, 5) is 3.84. The molecule has 0 amide bonds. The largest absolute Gasteiger partial charge is 0.390 e. The minimum absolute atomic E-state index is 0.102. The molecule has 1 aromatic heterocycles. The highest BCUT2D eigenvalue weighted by atomic mass is 79.9. The lowest BCUT2D eigenvalue weighted by atomic mass is 9.71. The molecule has 3 rings (SSSR count). The maximum absolute atomic E-state index is 10.8. The number of thiophene rings is 1. The molecule has 0 radical (unpaired) electrons. The van der Waals surface area contributed by atoms with Crippen LogP contribution in [0.2, 0.25) is 0 Å². The van der Waals surface area contributed by atoms with Crippen molar-refractivity contribution in [3.8, 4) is 0 Å². The molecular formula is C16H25BrN2OS. The molecule has 0 spiro atoms. The van der Waals surface area contributed by atoms with Crippen LogP contribution < -0.4 is 5.73 Å². The van der Waals surface area contributed by atoms with Crippen LogP contribution in [0.25, 0.3) is 0 Å². The van der Waals surface area contributed by atoms with Crippen molar-refractivity contribution < 1.29 is 5.11 Å². The second kappa shape index (κ2) is 6.28. The fraction of sp³-hybridized carbons (Fsp3) is 0.750. The zero-order valence-electron chi connectivity index (χ0n) is 12.6. The van der Waals surface area contributed by atoms with Crippen molar-refractivity contribution >= 4 is 27.3 Å². The highest BCUT2D eigenvalue weighted by Crippen LogP contribution is 2.43. The van der Waals surface area contributed by atoms with E-state index in [1.807, 2.05) is 0 Å². The Balaban J connectivity index is 1.78. The molecule has 1 aromatic rings. The van der Waals surface area contributed by atoms with E-state index in [2.05, 4.69) is 39.2 Å². The monoisotopic (exact) mass is 372 g/mol. The van der Waals surface area contributed by atoms with Gasteiger partial charge in [0.05, 0.1) is 11.6 Å². The van der Waals surface area contributed by atoms with Gasteiger partial charge in [-0.1, -0.05) is 12.8 Å². The number of fused-ring (bicyclic) bond motifs is 1. The Hall–Kier alpha value is 0.0600. The first-order chi connectivity index (χ1) is 9.99. The summed E-state index contributed by atoms with van der Waals surface area (Å²) in [5.74, 6) is 0.421.